The first-order valence-corrected chi connectivity index (χ1v) is 3.62. The number of nitriles is 1. The van der Waals surface area contributed by atoms with Crippen LogP contribution in [-0.2, 0) is 0 Å². The number of nitrogen functional groups attached to an aromatic ring is 1. The lowest BCUT2D eigenvalue weighted by Gasteiger charge is -2.08. The largest absolute Gasteiger partial charge is 0.481 e. The molecule has 2 N–H and O–H groups in total. The minimum absolute atomic E-state index is 0.0252. The summed E-state index contributed by atoms with van der Waals surface area (Å²) in [6, 6.07) is 2.70. The lowest BCUT2D eigenvalue weighted by atomic mass is 10.1. The first-order valence-electron chi connectivity index (χ1n) is 3.62. The van der Waals surface area contributed by atoms with Gasteiger partial charge in [0.15, 0.2) is 0 Å². The SMILES string of the molecule is COc1nc(N)cc(C#N)c1C(F)F. The van der Waals surface area contributed by atoms with Gasteiger partial charge in [-0.25, -0.2) is 8.78 Å². The number of hydrogen-bond acceptors (Lipinski definition) is 4. The predicted molar refractivity (Wildman–Crippen MR) is 44.9 cm³/mol. The van der Waals surface area contributed by atoms with Crippen LogP contribution in [0.2, 0.25) is 0 Å². The first-order chi connectivity index (χ1) is 6.60. The maximum atomic E-state index is 12.5. The van der Waals surface area contributed by atoms with E-state index in [1.165, 1.54) is 7.11 Å². The zero-order valence-corrected chi connectivity index (χ0v) is 7.29. The van der Waals surface area contributed by atoms with Crippen molar-refractivity contribution < 1.29 is 13.5 Å². The lowest BCUT2D eigenvalue weighted by molar-refractivity contribution is 0.145. The highest BCUT2D eigenvalue weighted by Gasteiger charge is 2.20. The number of halogens is 2. The number of nitrogens with zero attached hydrogens (tertiary/aromatic N) is 2. The van der Waals surface area contributed by atoms with Crippen LogP contribution in [0, 0.1) is 11.3 Å². The van der Waals surface area contributed by atoms with Crippen LogP contribution in [0.1, 0.15) is 17.6 Å². The van der Waals surface area contributed by atoms with E-state index < -0.39 is 12.0 Å². The molecule has 1 aromatic rings. The van der Waals surface area contributed by atoms with Crippen LogP contribution in [0.15, 0.2) is 6.07 Å². The van der Waals surface area contributed by atoms with E-state index in [9.17, 15) is 8.78 Å². The van der Waals surface area contributed by atoms with E-state index >= 15 is 0 Å². The zero-order valence-electron chi connectivity index (χ0n) is 7.29. The summed E-state index contributed by atoms with van der Waals surface area (Å²) < 4.78 is 29.6. The van der Waals surface area contributed by atoms with Crippen molar-refractivity contribution in [3.05, 3.63) is 17.2 Å². The van der Waals surface area contributed by atoms with E-state index in [0.717, 1.165) is 6.07 Å². The Kier molecular flexibility index (Phi) is 2.82. The van der Waals surface area contributed by atoms with Gasteiger partial charge in [-0.2, -0.15) is 10.2 Å². The topological polar surface area (TPSA) is 71.9 Å². The van der Waals surface area contributed by atoms with Gasteiger partial charge in [0.1, 0.15) is 5.82 Å². The Morgan fingerprint density at radius 1 is 1.64 bits per heavy atom. The number of methoxy groups -OCH3 is 1. The molecule has 6 heteroatoms. The molecule has 0 bridgehead atoms. The molecule has 0 amide bonds. The maximum absolute atomic E-state index is 12.5. The van der Waals surface area contributed by atoms with E-state index in [0.29, 0.717) is 0 Å². The second-order valence-corrected chi connectivity index (χ2v) is 2.43. The number of nitrogens with two attached hydrogens (primary N) is 1. The molecule has 0 atom stereocenters. The Bertz CT molecular complexity index is 387. The van der Waals surface area contributed by atoms with Crippen LogP contribution in [0.25, 0.3) is 0 Å². The number of aromatic nitrogens is 1. The second kappa shape index (κ2) is 3.87. The molecule has 4 nitrogen and oxygen atoms in total. The van der Waals surface area contributed by atoms with Crippen molar-refractivity contribution in [3.8, 4) is 11.9 Å². The van der Waals surface area contributed by atoms with E-state index in [1.807, 2.05) is 0 Å². The molecular weight excluding hydrogens is 192 g/mol. The second-order valence-electron chi connectivity index (χ2n) is 2.43. The summed E-state index contributed by atoms with van der Waals surface area (Å²) in [7, 11) is 1.19. The fraction of sp³-hybridized carbons (Fsp3) is 0.250. The summed E-state index contributed by atoms with van der Waals surface area (Å²) in [6.07, 6.45) is -2.81. The molecule has 0 fully saturated rings. The van der Waals surface area contributed by atoms with Gasteiger partial charge >= 0.3 is 0 Å². The molecule has 0 unspecified atom stereocenters. The molecule has 0 aliphatic heterocycles. The van der Waals surface area contributed by atoms with Crippen LogP contribution >= 0.6 is 0 Å². The van der Waals surface area contributed by atoms with Gasteiger partial charge < -0.3 is 10.5 Å². The quantitative estimate of drug-likeness (QED) is 0.782. The van der Waals surface area contributed by atoms with Gasteiger partial charge in [-0.05, 0) is 6.07 Å². The number of anilines is 1. The lowest BCUT2D eigenvalue weighted by Crippen LogP contribution is -2.02. The van der Waals surface area contributed by atoms with Gasteiger partial charge in [0, 0.05) is 0 Å². The third-order valence-corrected chi connectivity index (χ3v) is 1.58. The molecule has 1 heterocycles. The number of rotatable bonds is 2. The van der Waals surface area contributed by atoms with Crippen LogP contribution in [-0.4, -0.2) is 12.1 Å². The summed E-state index contributed by atoms with van der Waals surface area (Å²) in [5.74, 6) is -0.334. The van der Waals surface area contributed by atoms with Crippen molar-refractivity contribution in [1.82, 2.24) is 4.98 Å². The van der Waals surface area contributed by atoms with Crippen LogP contribution in [0.3, 0.4) is 0 Å². The molecule has 0 aliphatic rings. The number of alkyl halides is 2. The van der Waals surface area contributed by atoms with Crippen LogP contribution in [0.5, 0.6) is 5.88 Å². The van der Waals surface area contributed by atoms with Gasteiger partial charge in [0.25, 0.3) is 6.43 Å². The van der Waals surface area contributed by atoms with Crippen molar-refractivity contribution >= 4 is 5.82 Å². The van der Waals surface area contributed by atoms with E-state index in [4.69, 9.17) is 11.0 Å². The van der Waals surface area contributed by atoms with Gasteiger partial charge in [-0.15, -0.1) is 0 Å². The van der Waals surface area contributed by atoms with Crippen molar-refractivity contribution in [2.45, 2.75) is 6.43 Å². The van der Waals surface area contributed by atoms with Crippen molar-refractivity contribution in [2.24, 2.45) is 0 Å². The summed E-state index contributed by atoms with van der Waals surface area (Å²) in [6.45, 7) is 0. The summed E-state index contributed by atoms with van der Waals surface area (Å²) in [5, 5.41) is 8.59. The smallest absolute Gasteiger partial charge is 0.270 e. The van der Waals surface area contributed by atoms with Gasteiger partial charge in [0.05, 0.1) is 24.3 Å². The first kappa shape index (κ1) is 10.2. The summed E-state index contributed by atoms with van der Waals surface area (Å²) in [4.78, 5) is 3.55. The zero-order chi connectivity index (χ0) is 10.7. The Labute approximate surface area is 78.9 Å². The van der Waals surface area contributed by atoms with E-state index in [1.54, 1.807) is 6.07 Å². The van der Waals surface area contributed by atoms with Crippen LogP contribution < -0.4 is 10.5 Å². The molecule has 14 heavy (non-hydrogen) atoms. The van der Waals surface area contributed by atoms with Crippen molar-refractivity contribution in [3.63, 3.8) is 0 Å². The van der Waals surface area contributed by atoms with Crippen molar-refractivity contribution in [1.29, 1.82) is 5.26 Å². The molecule has 1 rings (SSSR count). The molecule has 0 saturated heterocycles. The average molecular weight is 199 g/mol. The Hall–Kier alpha value is -1.90. The Morgan fingerprint density at radius 2 is 2.29 bits per heavy atom. The van der Waals surface area contributed by atoms with Gasteiger partial charge in [-0.3, -0.25) is 0 Å². The monoisotopic (exact) mass is 199 g/mol. The van der Waals surface area contributed by atoms with E-state index in [-0.39, 0.29) is 17.3 Å². The predicted octanol–water partition coefficient (Wildman–Crippen LogP) is 1.48. The summed E-state index contributed by atoms with van der Waals surface area (Å²) in [5.41, 5.74) is 4.55. The highest BCUT2D eigenvalue weighted by Crippen LogP contribution is 2.31. The third-order valence-electron chi connectivity index (χ3n) is 1.58. The molecule has 0 aliphatic carbocycles. The Balaban J connectivity index is 3.42. The van der Waals surface area contributed by atoms with Gasteiger partial charge in [0.2, 0.25) is 5.88 Å². The number of pyridine rings is 1. The third kappa shape index (κ3) is 1.71. The molecule has 0 spiro atoms. The molecular formula is C8H7F2N3O. The normalized spacial score (nSPS) is 9.93. The maximum Gasteiger partial charge on any atom is 0.270 e. The summed E-state index contributed by atoms with van der Waals surface area (Å²) >= 11 is 0. The molecule has 0 radical (unpaired) electrons. The average Bonchev–Trinajstić information content (AvgIpc) is 2.15. The highest BCUT2D eigenvalue weighted by molar-refractivity contribution is 5.50. The fourth-order valence-electron chi connectivity index (χ4n) is 1.01. The number of hydrogen-bond donors (Lipinski definition) is 1. The van der Waals surface area contributed by atoms with Gasteiger partial charge in [-0.1, -0.05) is 0 Å². The minimum Gasteiger partial charge on any atom is -0.481 e. The fourth-order valence-corrected chi connectivity index (χ4v) is 1.01. The molecule has 0 aromatic carbocycles. The standard InChI is InChI=1S/C8H7F2N3O/c1-14-8-6(7(9)10)4(3-11)2-5(12)13-8/h2,7H,1H3,(H2,12,13). The van der Waals surface area contributed by atoms with Crippen molar-refractivity contribution in [2.75, 3.05) is 12.8 Å². The molecule has 0 saturated carbocycles. The van der Waals surface area contributed by atoms with Crippen LogP contribution in [0.4, 0.5) is 14.6 Å². The molecule has 74 valence electrons. The highest BCUT2D eigenvalue weighted by atomic mass is 19.3. The number of ether oxygens (including phenoxy) is 1. The Morgan fingerprint density at radius 3 is 2.71 bits per heavy atom. The minimum atomic E-state index is -2.81. The molecule has 1 aromatic heterocycles. The van der Waals surface area contributed by atoms with E-state index in [2.05, 4.69) is 9.72 Å².